The lowest BCUT2D eigenvalue weighted by Crippen LogP contribution is -2.51. The van der Waals surface area contributed by atoms with Crippen LogP contribution in [0, 0.1) is 0 Å². The Morgan fingerprint density at radius 3 is 2.28 bits per heavy atom. The van der Waals surface area contributed by atoms with Crippen molar-refractivity contribution >= 4 is 66.7 Å². The molecule has 7 nitrogen and oxygen atoms in total. The van der Waals surface area contributed by atoms with E-state index >= 15 is 0 Å². The Balaban J connectivity index is 2.01. The third-order valence-electron chi connectivity index (χ3n) is 6.05. The van der Waals surface area contributed by atoms with Crippen molar-refractivity contribution in [1.82, 2.24) is 10.2 Å². The van der Waals surface area contributed by atoms with E-state index < -0.39 is 28.5 Å². The predicted molar refractivity (Wildman–Crippen MR) is 160 cm³/mol. The first-order valence-corrected chi connectivity index (χ1v) is 15.4. The second kappa shape index (κ2) is 14.2. The molecule has 3 aromatic rings. The highest BCUT2D eigenvalue weighted by molar-refractivity contribution is 9.10. The Bertz CT molecular complexity index is 1390. The quantitative estimate of drug-likeness (QED) is 0.233. The first-order valence-electron chi connectivity index (χ1n) is 12.4. The van der Waals surface area contributed by atoms with E-state index in [1.165, 1.54) is 35.2 Å². The molecular weight excluding hydrogens is 625 g/mol. The first kappa shape index (κ1) is 30.9. The van der Waals surface area contributed by atoms with Gasteiger partial charge in [-0.1, -0.05) is 82.8 Å². The molecule has 39 heavy (non-hydrogen) atoms. The topological polar surface area (TPSA) is 86.8 Å². The number of rotatable bonds is 12. The van der Waals surface area contributed by atoms with E-state index in [0.29, 0.717) is 11.6 Å². The Morgan fingerprint density at radius 2 is 1.67 bits per heavy atom. The number of unbranched alkanes of at least 4 members (excludes halogenated alkanes) is 1. The molecule has 0 aliphatic rings. The van der Waals surface area contributed by atoms with Gasteiger partial charge in [-0.15, -0.1) is 0 Å². The highest BCUT2D eigenvalue weighted by atomic mass is 79.9. The van der Waals surface area contributed by atoms with E-state index in [-0.39, 0.29) is 28.1 Å². The van der Waals surface area contributed by atoms with Crippen LogP contribution in [0.15, 0.2) is 82.2 Å². The fourth-order valence-electron chi connectivity index (χ4n) is 3.82. The molecule has 0 saturated carbocycles. The number of amides is 2. The number of carbonyl (C=O) groups excluding carboxylic acids is 2. The Hall–Kier alpha value is -2.59. The molecule has 0 aliphatic heterocycles. The van der Waals surface area contributed by atoms with Crippen LogP contribution in [-0.2, 0) is 26.2 Å². The van der Waals surface area contributed by atoms with Crippen LogP contribution in [-0.4, -0.2) is 44.3 Å². The van der Waals surface area contributed by atoms with Crippen LogP contribution in [0.2, 0.25) is 10.0 Å². The van der Waals surface area contributed by atoms with Gasteiger partial charge in [-0.25, -0.2) is 8.42 Å². The van der Waals surface area contributed by atoms with Crippen LogP contribution < -0.4 is 9.62 Å². The van der Waals surface area contributed by atoms with E-state index in [4.69, 9.17) is 23.2 Å². The molecule has 1 N–H and O–H groups in total. The number of hydrogen-bond donors (Lipinski definition) is 1. The summed E-state index contributed by atoms with van der Waals surface area (Å²) in [6, 6.07) is 18.6. The number of nitrogens with one attached hydrogen (secondary N) is 1. The largest absolute Gasteiger partial charge is 0.354 e. The van der Waals surface area contributed by atoms with Gasteiger partial charge in [0.25, 0.3) is 10.0 Å². The van der Waals surface area contributed by atoms with E-state index in [1.54, 1.807) is 25.1 Å². The molecule has 208 valence electrons. The molecule has 0 aliphatic carbocycles. The van der Waals surface area contributed by atoms with Crippen LogP contribution in [0.3, 0.4) is 0 Å². The van der Waals surface area contributed by atoms with E-state index in [9.17, 15) is 18.0 Å². The van der Waals surface area contributed by atoms with Gasteiger partial charge >= 0.3 is 0 Å². The van der Waals surface area contributed by atoms with Crippen molar-refractivity contribution in [2.45, 2.75) is 44.2 Å². The molecule has 1 unspecified atom stereocenters. The number of anilines is 1. The number of nitrogens with zero attached hydrogens (tertiary/aromatic N) is 2. The standard InChI is InChI=1S/C28H30BrCl2N3O4S/c1-3-4-16-32-28(36)20(2)33(18-21-10-12-22(29)13-11-21)27(35)19-34(26-15-14-23(30)17-25(26)31)39(37,38)24-8-6-5-7-9-24/h5-15,17,20H,3-4,16,18-19H2,1-2H3,(H,32,36). The number of sulfonamides is 1. The van der Waals surface area contributed by atoms with Crippen molar-refractivity contribution in [2.24, 2.45) is 0 Å². The van der Waals surface area contributed by atoms with Crippen LogP contribution in [0.5, 0.6) is 0 Å². The monoisotopic (exact) mass is 653 g/mol. The number of benzene rings is 3. The Labute approximate surface area is 248 Å². The van der Waals surface area contributed by atoms with E-state index in [0.717, 1.165) is 27.2 Å². The van der Waals surface area contributed by atoms with Crippen molar-refractivity contribution in [3.63, 3.8) is 0 Å². The molecule has 0 spiro atoms. The third kappa shape index (κ3) is 8.20. The summed E-state index contributed by atoms with van der Waals surface area (Å²) in [5.74, 6) is -0.891. The maximum absolute atomic E-state index is 13.9. The molecule has 3 aromatic carbocycles. The first-order chi connectivity index (χ1) is 18.5. The van der Waals surface area contributed by atoms with Crippen molar-refractivity contribution in [3.8, 4) is 0 Å². The average molecular weight is 655 g/mol. The molecule has 0 radical (unpaired) electrons. The summed E-state index contributed by atoms with van der Waals surface area (Å²) in [5.41, 5.74) is 0.878. The minimum atomic E-state index is -4.21. The number of carbonyl (C=O) groups is 2. The lowest BCUT2D eigenvalue weighted by Gasteiger charge is -2.32. The summed E-state index contributed by atoms with van der Waals surface area (Å²) in [4.78, 5) is 28.3. The van der Waals surface area contributed by atoms with Gasteiger partial charge in [-0.2, -0.15) is 0 Å². The summed E-state index contributed by atoms with van der Waals surface area (Å²) in [7, 11) is -4.21. The maximum Gasteiger partial charge on any atom is 0.264 e. The van der Waals surface area contributed by atoms with Crippen LogP contribution in [0.1, 0.15) is 32.3 Å². The molecular formula is C28H30BrCl2N3O4S. The van der Waals surface area contributed by atoms with E-state index in [1.807, 2.05) is 31.2 Å². The molecule has 1 atom stereocenters. The zero-order valence-electron chi connectivity index (χ0n) is 21.6. The fourth-order valence-corrected chi connectivity index (χ4v) is 6.10. The number of halogens is 3. The van der Waals surface area contributed by atoms with Gasteiger partial charge in [0.1, 0.15) is 12.6 Å². The molecule has 0 saturated heterocycles. The van der Waals surface area contributed by atoms with Gasteiger partial charge in [-0.3, -0.25) is 13.9 Å². The van der Waals surface area contributed by atoms with E-state index in [2.05, 4.69) is 21.2 Å². The van der Waals surface area contributed by atoms with Crippen LogP contribution >= 0.6 is 39.1 Å². The highest BCUT2D eigenvalue weighted by Gasteiger charge is 2.33. The third-order valence-corrected chi connectivity index (χ3v) is 8.89. The minimum absolute atomic E-state index is 0.00590. The van der Waals surface area contributed by atoms with Crippen molar-refractivity contribution in [3.05, 3.63) is 92.9 Å². The molecule has 0 aromatic heterocycles. The molecule has 0 bridgehead atoms. The Morgan fingerprint density at radius 1 is 1.00 bits per heavy atom. The van der Waals surface area contributed by atoms with Crippen LogP contribution in [0.4, 0.5) is 5.69 Å². The van der Waals surface area contributed by atoms with Gasteiger partial charge in [0.2, 0.25) is 11.8 Å². The molecule has 2 amide bonds. The average Bonchev–Trinajstić information content (AvgIpc) is 2.91. The molecule has 0 fully saturated rings. The van der Waals surface area contributed by atoms with Gasteiger partial charge in [0.15, 0.2) is 0 Å². The summed E-state index contributed by atoms with van der Waals surface area (Å²) in [6.07, 6.45) is 1.71. The summed E-state index contributed by atoms with van der Waals surface area (Å²) in [5, 5.41) is 3.25. The normalized spacial score (nSPS) is 12.0. The smallest absolute Gasteiger partial charge is 0.264 e. The Kier molecular flexibility index (Phi) is 11.2. The lowest BCUT2D eigenvalue weighted by atomic mass is 10.1. The maximum atomic E-state index is 13.9. The molecule has 3 rings (SSSR count). The van der Waals surface area contributed by atoms with Gasteiger partial charge < -0.3 is 10.2 Å². The second-order valence-corrected chi connectivity index (χ2v) is 12.5. The van der Waals surface area contributed by atoms with Gasteiger partial charge in [0, 0.05) is 22.6 Å². The molecule has 0 heterocycles. The minimum Gasteiger partial charge on any atom is -0.354 e. The summed E-state index contributed by atoms with van der Waals surface area (Å²) < 4.78 is 29.4. The van der Waals surface area contributed by atoms with Crippen molar-refractivity contribution < 1.29 is 18.0 Å². The highest BCUT2D eigenvalue weighted by Crippen LogP contribution is 2.33. The van der Waals surface area contributed by atoms with Crippen molar-refractivity contribution in [2.75, 3.05) is 17.4 Å². The zero-order valence-corrected chi connectivity index (χ0v) is 25.5. The summed E-state index contributed by atoms with van der Waals surface area (Å²) in [6.45, 7) is 3.64. The number of hydrogen-bond acceptors (Lipinski definition) is 4. The SMILES string of the molecule is CCCCNC(=O)C(C)N(Cc1ccc(Br)cc1)C(=O)CN(c1ccc(Cl)cc1Cl)S(=O)(=O)c1ccccc1. The summed E-state index contributed by atoms with van der Waals surface area (Å²) >= 11 is 15.9. The fraction of sp³-hybridized carbons (Fsp3) is 0.286. The predicted octanol–water partition coefficient (Wildman–Crippen LogP) is 6.28. The second-order valence-electron chi connectivity index (χ2n) is 8.89. The molecule has 11 heteroatoms. The van der Waals surface area contributed by atoms with Crippen LogP contribution in [0.25, 0.3) is 0 Å². The van der Waals surface area contributed by atoms with Gasteiger partial charge in [-0.05, 0) is 61.4 Å². The lowest BCUT2D eigenvalue weighted by molar-refractivity contribution is -0.139. The van der Waals surface area contributed by atoms with Crippen molar-refractivity contribution in [1.29, 1.82) is 0 Å². The zero-order chi connectivity index (χ0) is 28.6. The van der Waals surface area contributed by atoms with Gasteiger partial charge in [0.05, 0.1) is 15.6 Å².